The highest BCUT2D eigenvalue weighted by molar-refractivity contribution is 5.81. The molecule has 128 valence electrons. The number of anilines is 1. The molecule has 1 aliphatic heterocycles. The summed E-state index contributed by atoms with van der Waals surface area (Å²) in [7, 11) is 0. The Morgan fingerprint density at radius 3 is 2.40 bits per heavy atom. The van der Waals surface area contributed by atoms with Crippen molar-refractivity contribution in [1.29, 1.82) is 5.26 Å². The lowest BCUT2D eigenvalue weighted by Gasteiger charge is -2.39. The van der Waals surface area contributed by atoms with Gasteiger partial charge in [0.1, 0.15) is 17.9 Å². The van der Waals surface area contributed by atoms with Crippen LogP contribution in [0.2, 0.25) is 0 Å². The summed E-state index contributed by atoms with van der Waals surface area (Å²) in [5.41, 5.74) is 7.55. The van der Waals surface area contributed by atoms with E-state index in [2.05, 4.69) is 0 Å². The number of nitriles is 1. The molecular formula is C19H19FN4O. The van der Waals surface area contributed by atoms with E-state index >= 15 is 0 Å². The minimum Gasteiger partial charge on any atom is -0.368 e. The van der Waals surface area contributed by atoms with Gasteiger partial charge in [-0.25, -0.2) is 4.39 Å². The van der Waals surface area contributed by atoms with E-state index in [1.54, 1.807) is 6.07 Å². The zero-order valence-corrected chi connectivity index (χ0v) is 13.7. The summed E-state index contributed by atoms with van der Waals surface area (Å²) in [6.45, 7) is 2.53. The molecule has 1 atom stereocenters. The molecule has 1 saturated heterocycles. The van der Waals surface area contributed by atoms with Crippen molar-refractivity contribution in [3.8, 4) is 6.07 Å². The lowest BCUT2D eigenvalue weighted by atomic mass is 10.0. The summed E-state index contributed by atoms with van der Waals surface area (Å²) in [4.78, 5) is 16.1. The predicted octanol–water partition coefficient (Wildman–Crippen LogP) is 2.05. The Hall–Kier alpha value is -2.91. The zero-order valence-electron chi connectivity index (χ0n) is 13.7. The van der Waals surface area contributed by atoms with E-state index < -0.39 is 11.9 Å². The molecule has 5 nitrogen and oxygen atoms in total. The van der Waals surface area contributed by atoms with Crippen LogP contribution in [0.15, 0.2) is 48.5 Å². The Bertz CT molecular complexity index is 795. The second kappa shape index (κ2) is 7.32. The first-order valence-electron chi connectivity index (χ1n) is 8.13. The Kier molecular flexibility index (Phi) is 4.96. The maximum absolute atomic E-state index is 13.3. The first-order valence-corrected chi connectivity index (χ1v) is 8.13. The Labute approximate surface area is 146 Å². The van der Waals surface area contributed by atoms with E-state index in [-0.39, 0.29) is 5.91 Å². The maximum Gasteiger partial charge on any atom is 0.239 e. The fourth-order valence-corrected chi connectivity index (χ4v) is 3.28. The normalized spacial score (nSPS) is 16.2. The summed E-state index contributed by atoms with van der Waals surface area (Å²) in [6, 6.07) is 15.3. The summed E-state index contributed by atoms with van der Waals surface area (Å²) >= 11 is 0. The number of carbonyl (C=O) groups excluding carboxylic acids is 1. The fourth-order valence-electron chi connectivity index (χ4n) is 3.28. The Morgan fingerprint density at radius 1 is 1.12 bits per heavy atom. The molecule has 0 aromatic heterocycles. The molecular weight excluding hydrogens is 319 g/mol. The number of primary amides is 1. The number of carbonyl (C=O) groups is 1. The van der Waals surface area contributed by atoms with Crippen LogP contribution in [0.3, 0.4) is 0 Å². The molecule has 1 aliphatic rings. The van der Waals surface area contributed by atoms with Crippen molar-refractivity contribution in [3.05, 3.63) is 65.5 Å². The van der Waals surface area contributed by atoms with Crippen molar-refractivity contribution in [2.45, 2.75) is 6.04 Å². The number of benzene rings is 2. The SMILES string of the molecule is N#Cc1cc(F)ccc1N1CCN(C(C(N)=O)c2ccccc2)CC1. The second-order valence-corrected chi connectivity index (χ2v) is 6.01. The third-order valence-electron chi connectivity index (χ3n) is 4.48. The third kappa shape index (κ3) is 3.62. The number of hydrogen-bond donors (Lipinski definition) is 1. The summed E-state index contributed by atoms with van der Waals surface area (Å²) in [6.07, 6.45) is 0. The van der Waals surface area contributed by atoms with Crippen molar-refractivity contribution in [2.75, 3.05) is 31.1 Å². The second-order valence-electron chi connectivity index (χ2n) is 6.01. The monoisotopic (exact) mass is 338 g/mol. The topological polar surface area (TPSA) is 73.4 Å². The standard InChI is InChI=1S/C19H19FN4O/c20-16-6-7-17(15(12-16)13-21)23-8-10-24(11-9-23)18(19(22)25)14-4-2-1-3-5-14/h1-7,12,18H,8-11H2,(H2,22,25). The largest absolute Gasteiger partial charge is 0.368 e. The van der Waals surface area contributed by atoms with Crippen molar-refractivity contribution in [2.24, 2.45) is 5.73 Å². The van der Waals surface area contributed by atoms with Gasteiger partial charge in [-0.1, -0.05) is 30.3 Å². The van der Waals surface area contributed by atoms with E-state index in [1.165, 1.54) is 12.1 Å². The van der Waals surface area contributed by atoms with Gasteiger partial charge < -0.3 is 10.6 Å². The van der Waals surface area contributed by atoms with Gasteiger partial charge >= 0.3 is 0 Å². The first-order chi connectivity index (χ1) is 12.1. The van der Waals surface area contributed by atoms with Crippen LogP contribution in [-0.4, -0.2) is 37.0 Å². The van der Waals surface area contributed by atoms with Crippen LogP contribution < -0.4 is 10.6 Å². The van der Waals surface area contributed by atoms with Crippen LogP contribution in [0.4, 0.5) is 10.1 Å². The number of nitrogens with two attached hydrogens (primary N) is 1. The molecule has 25 heavy (non-hydrogen) atoms. The first kappa shape index (κ1) is 16.9. The molecule has 1 fully saturated rings. The van der Waals surface area contributed by atoms with Gasteiger partial charge in [-0.2, -0.15) is 5.26 Å². The number of amides is 1. The summed E-state index contributed by atoms with van der Waals surface area (Å²) < 4.78 is 13.3. The molecule has 1 heterocycles. The molecule has 1 amide bonds. The highest BCUT2D eigenvalue weighted by Gasteiger charge is 2.29. The molecule has 2 aromatic rings. The van der Waals surface area contributed by atoms with Crippen molar-refractivity contribution >= 4 is 11.6 Å². The minimum absolute atomic E-state index is 0.322. The number of hydrogen-bond acceptors (Lipinski definition) is 4. The van der Waals surface area contributed by atoms with Crippen molar-refractivity contribution in [1.82, 2.24) is 4.90 Å². The molecule has 2 N–H and O–H groups in total. The molecule has 1 unspecified atom stereocenters. The Morgan fingerprint density at radius 2 is 1.80 bits per heavy atom. The quantitative estimate of drug-likeness (QED) is 0.926. The van der Waals surface area contributed by atoms with Gasteiger partial charge in [0, 0.05) is 26.2 Å². The number of halogens is 1. The maximum atomic E-state index is 13.3. The van der Waals surface area contributed by atoms with Gasteiger partial charge in [-0.15, -0.1) is 0 Å². The van der Waals surface area contributed by atoms with Crippen LogP contribution in [0, 0.1) is 17.1 Å². The van der Waals surface area contributed by atoms with Crippen molar-refractivity contribution in [3.63, 3.8) is 0 Å². The highest BCUT2D eigenvalue weighted by Crippen LogP contribution is 2.26. The molecule has 0 bridgehead atoms. The van der Waals surface area contributed by atoms with Crippen LogP contribution >= 0.6 is 0 Å². The molecule has 0 radical (unpaired) electrons. The smallest absolute Gasteiger partial charge is 0.239 e. The fraction of sp³-hybridized carbons (Fsp3) is 0.263. The average Bonchev–Trinajstić information content (AvgIpc) is 2.63. The summed E-state index contributed by atoms with van der Waals surface area (Å²) in [5, 5.41) is 9.22. The zero-order chi connectivity index (χ0) is 17.8. The van der Waals surface area contributed by atoms with Gasteiger partial charge in [-0.3, -0.25) is 9.69 Å². The van der Waals surface area contributed by atoms with E-state index in [9.17, 15) is 14.4 Å². The van der Waals surface area contributed by atoms with E-state index in [4.69, 9.17) is 5.73 Å². The highest BCUT2D eigenvalue weighted by atomic mass is 19.1. The predicted molar refractivity (Wildman–Crippen MR) is 93.3 cm³/mol. The minimum atomic E-state index is -0.466. The third-order valence-corrected chi connectivity index (χ3v) is 4.48. The van der Waals surface area contributed by atoms with Crippen LogP contribution in [0.25, 0.3) is 0 Å². The van der Waals surface area contributed by atoms with E-state index in [1.807, 2.05) is 46.2 Å². The number of piperazine rings is 1. The average molecular weight is 338 g/mol. The Balaban J connectivity index is 1.75. The van der Waals surface area contributed by atoms with Crippen molar-refractivity contribution < 1.29 is 9.18 Å². The molecule has 6 heteroatoms. The van der Waals surface area contributed by atoms with Gasteiger partial charge in [-0.05, 0) is 23.8 Å². The lowest BCUT2D eigenvalue weighted by molar-refractivity contribution is -0.123. The number of nitrogens with zero attached hydrogens (tertiary/aromatic N) is 3. The van der Waals surface area contributed by atoms with E-state index in [0.717, 1.165) is 11.3 Å². The number of rotatable bonds is 4. The lowest BCUT2D eigenvalue weighted by Crippen LogP contribution is -2.50. The van der Waals surface area contributed by atoms with Gasteiger partial charge in [0.15, 0.2) is 0 Å². The van der Waals surface area contributed by atoms with Gasteiger partial charge in [0.2, 0.25) is 5.91 Å². The molecule has 2 aromatic carbocycles. The molecule has 0 saturated carbocycles. The molecule has 0 spiro atoms. The van der Waals surface area contributed by atoms with Gasteiger partial charge in [0.25, 0.3) is 0 Å². The molecule has 3 rings (SSSR count). The van der Waals surface area contributed by atoms with Crippen LogP contribution in [-0.2, 0) is 4.79 Å². The summed E-state index contributed by atoms with van der Waals surface area (Å²) in [5.74, 6) is -0.795. The van der Waals surface area contributed by atoms with Crippen LogP contribution in [0.5, 0.6) is 0 Å². The van der Waals surface area contributed by atoms with Gasteiger partial charge in [0.05, 0.1) is 11.3 Å². The van der Waals surface area contributed by atoms with Crippen LogP contribution in [0.1, 0.15) is 17.2 Å². The van der Waals surface area contributed by atoms with E-state index in [0.29, 0.717) is 31.7 Å². The molecule has 0 aliphatic carbocycles.